The highest BCUT2D eigenvalue weighted by Crippen LogP contribution is 2.30. The zero-order valence-corrected chi connectivity index (χ0v) is 11.5. The normalized spacial score (nSPS) is 14.4. The Kier molecular flexibility index (Phi) is 3.71. The number of nitrogens with zero attached hydrogens (tertiary/aromatic N) is 1. The molecular formula is C17H12F3NO. The van der Waals surface area contributed by atoms with Gasteiger partial charge in [-0.2, -0.15) is 13.2 Å². The van der Waals surface area contributed by atoms with Gasteiger partial charge in [-0.05, 0) is 35.9 Å². The highest BCUT2D eigenvalue weighted by molar-refractivity contribution is 6.02. The zero-order valence-electron chi connectivity index (χ0n) is 11.5. The molecule has 0 unspecified atom stereocenters. The summed E-state index contributed by atoms with van der Waals surface area (Å²) in [5.74, 6) is 0.731. The van der Waals surface area contributed by atoms with E-state index >= 15 is 0 Å². The molecule has 1 aliphatic rings. The second kappa shape index (κ2) is 5.67. The van der Waals surface area contributed by atoms with Gasteiger partial charge in [0.1, 0.15) is 18.0 Å². The molecule has 0 fully saturated rings. The molecule has 2 nitrogen and oxygen atoms in total. The summed E-state index contributed by atoms with van der Waals surface area (Å²) in [6, 6.07) is 12.4. The van der Waals surface area contributed by atoms with Gasteiger partial charge >= 0.3 is 6.18 Å². The number of benzene rings is 2. The fourth-order valence-corrected chi connectivity index (χ4v) is 2.07. The van der Waals surface area contributed by atoms with Gasteiger partial charge in [0.15, 0.2) is 0 Å². The van der Waals surface area contributed by atoms with Crippen molar-refractivity contribution in [2.24, 2.45) is 4.99 Å². The van der Waals surface area contributed by atoms with E-state index in [1.54, 1.807) is 12.2 Å². The number of halogens is 3. The van der Waals surface area contributed by atoms with Crippen LogP contribution < -0.4 is 4.74 Å². The van der Waals surface area contributed by atoms with Crippen LogP contribution in [0.3, 0.4) is 0 Å². The Morgan fingerprint density at radius 3 is 2.41 bits per heavy atom. The third-order valence-corrected chi connectivity index (χ3v) is 3.21. The molecule has 0 radical (unpaired) electrons. The lowest BCUT2D eigenvalue weighted by Crippen LogP contribution is -2.12. The lowest BCUT2D eigenvalue weighted by molar-refractivity contribution is -0.137. The second-order valence-electron chi connectivity index (χ2n) is 4.81. The third-order valence-electron chi connectivity index (χ3n) is 3.21. The summed E-state index contributed by atoms with van der Waals surface area (Å²) in [6.45, 7) is 0.341. The number of fused-ring (bicyclic) bond motifs is 1. The molecule has 1 aliphatic heterocycles. The molecule has 112 valence electrons. The van der Waals surface area contributed by atoms with Gasteiger partial charge in [-0.25, -0.2) is 4.99 Å². The van der Waals surface area contributed by atoms with E-state index < -0.39 is 11.7 Å². The van der Waals surface area contributed by atoms with E-state index in [-0.39, 0.29) is 0 Å². The number of rotatable bonds is 2. The molecule has 0 saturated heterocycles. The molecule has 0 aromatic heterocycles. The number of hydrogen-bond acceptors (Lipinski definition) is 2. The van der Waals surface area contributed by atoms with E-state index in [1.165, 1.54) is 12.1 Å². The monoisotopic (exact) mass is 303 g/mol. The minimum atomic E-state index is -4.31. The van der Waals surface area contributed by atoms with Crippen LogP contribution in [0.2, 0.25) is 0 Å². The Bertz CT molecular complexity index is 730. The molecule has 1 heterocycles. The van der Waals surface area contributed by atoms with Crippen molar-refractivity contribution in [3.05, 3.63) is 65.7 Å². The summed E-state index contributed by atoms with van der Waals surface area (Å²) in [6.07, 6.45) is -0.845. The van der Waals surface area contributed by atoms with E-state index in [9.17, 15) is 13.2 Å². The average molecular weight is 303 g/mol. The minimum absolute atomic E-state index is 0.341. The third kappa shape index (κ3) is 3.19. The van der Waals surface area contributed by atoms with E-state index in [0.29, 0.717) is 12.2 Å². The van der Waals surface area contributed by atoms with Gasteiger partial charge in [-0.15, -0.1) is 0 Å². The standard InChI is InChI=1S/C17H12F3NO/c18-17(19,20)13-8-5-12(6-9-13)7-10-14-11-22-16-4-2-1-3-15(16)21-14/h1-10H,11H2/b10-7+. The maximum atomic E-state index is 12.5. The van der Waals surface area contributed by atoms with Crippen LogP contribution in [0.25, 0.3) is 6.08 Å². The lowest BCUT2D eigenvalue weighted by Gasteiger charge is -2.14. The molecule has 0 aliphatic carbocycles. The van der Waals surface area contributed by atoms with Crippen molar-refractivity contribution in [3.8, 4) is 5.75 Å². The van der Waals surface area contributed by atoms with Crippen LogP contribution >= 0.6 is 0 Å². The highest BCUT2D eigenvalue weighted by Gasteiger charge is 2.29. The predicted molar refractivity (Wildman–Crippen MR) is 79.5 cm³/mol. The number of aliphatic imine (C=N–C) groups is 1. The van der Waals surface area contributed by atoms with Crippen molar-refractivity contribution < 1.29 is 17.9 Å². The van der Waals surface area contributed by atoms with Crippen LogP contribution in [0.4, 0.5) is 18.9 Å². The van der Waals surface area contributed by atoms with Crippen molar-refractivity contribution in [1.82, 2.24) is 0 Å². The minimum Gasteiger partial charge on any atom is -0.485 e. The Balaban J connectivity index is 1.76. The smallest absolute Gasteiger partial charge is 0.416 e. The van der Waals surface area contributed by atoms with E-state index in [2.05, 4.69) is 4.99 Å². The van der Waals surface area contributed by atoms with Crippen LogP contribution in [0, 0.1) is 0 Å². The molecular weight excluding hydrogens is 291 g/mol. The molecule has 0 bridgehead atoms. The summed E-state index contributed by atoms with van der Waals surface area (Å²) >= 11 is 0. The van der Waals surface area contributed by atoms with Crippen molar-refractivity contribution in [1.29, 1.82) is 0 Å². The summed E-state index contributed by atoms with van der Waals surface area (Å²) in [5, 5.41) is 0. The molecule has 0 spiro atoms. The predicted octanol–water partition coefficient (Wildman–Crippen LogP) is 4.88. The summed E-state index contributed by atoms with van der Waals surface area (Å²) in [7, 11) is 0. The number of ether oxygens (including phenoxy) is 1. The largest absolute Gasteiger partial charge is 0.485 e. The first kappa shape index (κ1) is 14.4. The van der Waals surface area contributed by atoms with Crippen LogP contribution in [0.1, 0.15) is 11.1 Å². The quantitative estimate of drug-likeness (QED) is 0.774. The van der Waals surface area contributed by atoms with Gasteiger partial charge < -0.3 is 4.74 Å². The molecule has 0 atom stereocenters. The Morgan fingerprint density at radius 1 is 0.955 bits per heavy atom. The van der Waals surface area contributed by atoms with Crippen molar-refractivity contribution in [2.75, 3.05) is 6.61 Å². The van der Waals surface area contributed by atoms with E-state index in [4.69, 9.17) is 4.74 Å². The Hall–Kier alpha value is -2.56. The molecule has 2 aromatic rings. The van der Waals surface area contributed by atoms with Crippen LogP contribution in [0.5, 0.6) is 5.75 Å². The van der Waals surface area contributed by atoms with Gasteiger partial charge in [-0.3, -0.25) is 0 Å². The lowest BCUT2D eigenvalue weighted by atomic mass is 10.1. The van der Waals surface area contributed by atoms with Crippen molar-refractivity contribution in [2.45, 2.75) is 6.18 Å². The van der Waals surface area contributed by atoms with Gasteiger partial charge in [-0.1, -0.05) is 30.3 Å². The summed E-state index contributed by atoms with van der Waals surface area (Å²) in [4.78, 5) is 4.44. The van der Waals surface area contributed by atoms with Gasteiger partial charge in [0.2, 0.25) is 0 Å². The molecule has 22 heavy (non-hydrogen) atoms. The van der Waals surface area contributed by atoms with Crippen LogP contribution in [0.15, 0.2) is 59.6 Å². The number of alkyl halides is 3. The zero-order chi connectivity index (χ0) is 15.6. The maximum Gasteiger partial charge on any atom is 0.416 e. The van der Waals surface area contributed by atoms with Crippen molar-refractivity contribution >= 4 is 17.5 Å². The van der Waals surface area contributed by atoms with Crippen LogP contribution in [-0.4, -0.2) is 12.3 Å². The maximum absolute atomic E-state index is 12.5. The summed E-state index contributed by atoms with van der Waals surface area (Å²) in [5.41, 5.74) is 1.49. The van der Waals surface area contributed by atoms with Gasteiger partial charge in [0.25, 0.3) is 0 Å². The topological polar surface area (TPSA) is 21.6 Å². The molecule has 0 amide bonds. The van der Waals surface area contributed by atoms with Crippen LogP contribution in [-0.2, 0) is 6.18 Å². The number of para-hydroxylation sites is 2. The van der Waals surface area contributed by atoms with Gasteiger partial charge in [0, 0.05) is 0 Å². The first-order chi connectivity index (χ1) is 10.5. The first-order valence-electron chi connectivity index (χ1n) is 6.67. The Labute approximate surface area is 125 Å². The molecule has 2 aromatic carbocycles. The van der Waals surface area contributed by atoms with Gasteiger partial charge in [0.05, 0.1) is 11.3 Å². The fourth-order valence-electron chi connectivity index (χ4n) is 2.07. The SMILES string of the molecule is FC(F)(F)c1ccc(/C=C/C2=Nc3ccccc3OC2)cc1. The first-order valence-corrected chi connectivity index (χ1v) is 6.67. The summed E-state index contributed by atoms with van der Waals surface area (Å²) < 4.78 is 43.0. The molecule has 3 rings (SSSR count). The van der Waals surface area contributed by atoms with E-state index in [1.807, 2.05) is 24.3 Å². The molecule has 5 heteroatoms. The fraction of sp³-hybridized carbons (Fsp3) is 0.118. The second-order valence-corrected chi connectivity index (χ2v) is 4.81. The van der Waals surface area contributed by atoms with E-state index in [0.717, 1.165) is 29.3 Å². The average Bonchev–Trinajstić information content (AvgIpc) is 2.52. The Morgan fingerprint density at radius 2 is 1.68 bits per heavy atom. The molecule has 0 saturated carbocycles. The van der Waals surface area contributed by atoms with Crippen molar-refractivity contribution in [3.63, 3.8) is 0 Å². The number of hydrogen-bond donors (Lipinski definition) is 0. The highest BCUT2D eigenvalue weighted by atomic mass is 19.4. The molecule has 0 N–H and O–H groups in total.